The highest BCUT2D eigenvalue weighted by Crippen LogP contribution is 2.30. The number of hydrogen-bond acceptors (Lipinski definition) is 5. The average Bonchev–Trinajstić information content (AvgIpc) is 2.75. The SMILES string of the molecule is CC1CN(c2ccc(CNC(=O)NCc3ccc4c(c3)OCCO4)cc2F)CC(C)O1. The number of anilines is 1. The molecule has 2 aliphatic rings. The number of nitrogens with one attached hydrogen (secondary N) is 2. The molecule has 0 aliphatic carbocycles. The van der Waals surface area contributed by atoms with Gasteiger partial charge in [0, 0.05) is 26.2 Å². The van der Waals surface area contributed by atoms with Crippen molar-refractivity contribution in [2.45, 2.75) is 39.1 Å². The number of rotatable bonds is 5. The maximum absolute atomic E-state index is 14.7. The van der Waals surface area contributed by atoms with Crippen molar-refractivity contribution in [3.8, 4) is 11.5 Å². The van der Waals surface area contributed by atoms with E-state index in [0.29, 0.717) is 55.6 Å². The van der Waals surface area contributed by atoms with Gasteiger partial charge in [0.2, 0.25) is 0 Å². The number of hydrogen-bond donors (Lipinski definition) is 2. The number of ether oxygens (including phenoxy) is 3. The maximum atomic E-state index is 14.7. The zero-order valence-electron chi connectivity index (χ0n) is 17.8. The molecule has 0 saturated carbocycles. The normalized spacial score (nSPS) is 20.3. The molecule has 4 rings (SSSR count). The van der Waals surface area contributed by atoms with Crippen molar-refractivity contribution in [1.29, 1.82) is 0 Å². The van der Waals surface area contributed by atoms with Gasteiger partial charge in [-0.15, -0.1) is 0 Å². The monoisotopic (exact) mass is 429 g/mol. The number of carbonyl (C=O) groups excluding carboxylic acids is 1. The lowest BCUT2D eigenvalue weighted by Gasteiger charge is -2.37. The van der Waals surface area contributed by atoms with Gasteiger partial charge in [0.25, 0.3) is 0 Å². The minimum atomic E-state index is -0.324. The molecule has 8 heteroatoms. The molecule has 166 valence electrons. The zero-order valence-corrected chi connectivity index (χ0v) is 17.8. The molecule has 0 radical (unpaired) electrons. The van der Waals surface area contributed by atoms with E-state index in [1.165, 1.54) is 6.07 Å². The molecule has 2 heterocycles. The quantitative estimate of drug-likeness (QED) is 0.764. The number of fused-ring (bicyclic) bond motifs is 1. The smallest absolute Gasteiger partial charge is 0.315 e. The van der Waals surface area contributed by atoms with Crippen LogP contribution < -0.4 is 25.0 Å². The summed E-state index contributed by atoms with van der Waals surface area (Å²) in [4.78, 5) is 14.2. The van der Waals surface area contributed by atoms with Gasteiger partial charge in [-0.1, -0.05) is 12.1 Å². The standard InChI is InChI=1S/C23H28FN3O4/c1-15-13-27(14-16(2)31-15)20-5-3-17(9-19(20)24)11-25-23(28)26-12-18-4-6-21-22(10-18)30-8-7-29-21/h3-6,9-10,15-16H,7-8,11-14H2,1-2H3,(H2,25,26,28). The second-order valence-electron chi connectivity index (χ2n) is 7.96. The Morgan fingerprint density at radius 3 is 2.26 bits per heavy atom. The molecular weight excluding hydrogens is 401 g/mol. The van der Waals surface area contributed by atoms with Crippen LogP contribution in [0.4, 0.5) is 14.9 Å². The highest BCUT2D eigenvalue weighted by atomic mass is 19.1. The predicted molar refractivity (Wildman–Crippen MR) is 115 cm³/mol. The van der Waals surface area contributed by atoms with Gasteiger partial charge in [-0.05, 0) is 49.2 Å². The van der Waals surface area contributed by atoms with E-state index in [9.17, 15) is 9.18 Å². The molecule has 2 aromatic carbocycles. The molecule has 0 spiro atoms. The van der Waals surface area contributed by atoms with Gasteiger partial charge in [0.05, 0.1) is 17.9 Å². The van der Waals surface area contributed by atoms with Gasteiger partial charge in [0.1, 0.15) is 19.0 Å². The first-order valence-corrected chi connectivity index (χ1v) is 10.6. The van der Waals surface area contributed by atoms with Crippen LogP contribution in [0.2, 0.25) is 0 Å². The van der Waals surface area contributed by atoms with Crippen LogP contribution in [-0.4, -0.2) is 44.5 Å². The number of amides is 2. The lowest BCUT2D eigenvalue weighted by Crippen LogP contribution is -2.45. The van der Waals surface area contributed by atoms with E-state index >= 15 is 0 Å². The second-order valence-corrected chi connectivity index (χ2v) is 7.96. The Bertz CT molecular complexity index is 929. The summed E-state index contributed by atoms with van der Waals surface area (Å²) in [6, 6.07) is 10.3. The molecule has 0 aromatic heterocycles. The van der Waals surface area contributed by atoms with Crippen LogP contribution >= 0.6 is 0 Å². The molecule has 1 saturated heterocycles. The van der Waals surface area contributed by atoms with Gasteiger partial charge < -0.3 is 29.7 Å². The summed E-state index contributed by atoms with van der Waals surface area (Å²) in [7, 11) is 0. The average molecular weight is 429 g/mol. The number of benzene rings is 2. The molecule has 2 atom stereocenters. The fourth-order valence-electron chi connectivity index (χ4n) is 3.92. The molecule has 7 nitrogen and oxygen atoms in total. The van der Waals surface area contributed by atoms with E-state index in [4.69, 9.17) is 14.2 Å². The highest BCUT2D eigenvalue weighted by Gasteiger charge is 2.24. The Morgan fingerprint density at radius 2 is 1.58 bits per heavy atom. The lowest BCUT2D eigenvalue weighted by atomic mass is 10.1. The zero-order chi connectivity index (χ0) is 21.8. The van der Waals surface area contributed by atoms with Crippen LogP contribution in [0, 0.1) is 5.82 Å². The molecule has 2 N–H and O–H groups in total. The maximum Gasteiger partial charge on any atom is 0.315 e. The third-order valence-corrected chi connectivity index (χ3v) is 5.29. The fourth-order valence-corrected chi connectivity index (χ4v) is 3.92. The number of urea groups is 1. The Hall–Kier alpha value is -3.00. The van der Waals surface area contributed by atoms with Crippen molar-refractivity contribution in [3.05, 3.63) is 53.3 Å². The summed E-state index contributed by atoms with van der Waals surface area (Å²) in [6.07, 6.45) is 0.116. The van der Waals surface area contributed by atoms with E-state index in [0.717, 1.165) is 5.56 Å². The fraction of sp³-hybridized carbons (Fsp3) is 0.435. The van der Waals surface area contributed by atoms with Crippen LogP contribution in [0.1, 0.15) is 25.0 Å². The van der Waals surface area contributed by atoms with Gasteiger partial charge >= 0.3 is 6.03 Å². The van der Waals surface area contributed by atoms with Gasteiger partial charge in [-0.25, -0.2) is 9.18 Å². The summed E-state index contributed by atoms with van der Waals surface area (Å²) < 4.78 is 31.5. The van der Waals surface area contributed by atoms with Crippen molar-refractivity contribution >= 4 is 11.7 Å². The first-order valence-electron chi connectivity index (χ1n) is 10.6. The van der Waals surface area contributed by atoms with Crippen LogP contribution in [0.25, 0.3) is 0 Å². The van der Waals surface area contributed by atoms with Gasteiger partial charge in [0.15, 0.2) is 11.5 Å². The van der Waals surface area contributed by atoms with Gasteiger partial charge in [-0.3, -0.25) is 0 Å². The summed E-state index contributed by atoms with van der Waals surface area (Å²) in [5.74, 6) is 1.11. The first-order chi connectivity index (χ1) is 15.0. The molecule has 2 aliphatic heterocycles. The predicted octanol–water partition coefficient (Wildman–Crippen LogP) is 3.21. The molecule has 31 heavy (non-hydrogen) atoms. The van der Waals surface area contributed by atoms with E-state index in [-0.39, 0.29) is 30.6 Å². The number of halogens is 1. The summed E-state index contributed by atoms with van der Waals surface area (Å²) in [5.41, 5.74) is 2.17. The van der Waals surface area contributed by atoms with Crippen LogP contribution in [0.5, 0.6) is 11.5 Å². The third kappa shape index (κ3) is 5.38. The number of morpholine rings is 1. The molecule has 2 amide bonds. The topological polar surface area (TPSA) is 72.1 Å². The van der Waals surface area contributed by atoms with Crippen LogP contribution in [0.3, 0.4) is 0 Å². The lowest BCUT2D eigenvalue weighted by molar-refractivity contribution is -0.00539. The van der Waals surface area contributed by atoms with E-state index in [1.54, 1.807) is 6.07 Å². The molecule has 0 bridgehead atoms. The van der Waals surface area contributed by atoms with Crippen molar-refractivity contribution in [1.82, 2.24) is 10.6 Å². The molecule has 1 fully saturated rings. The summed E-state index contributed by atoms with van der Waals surface area (Å²) >= 11 is 0. The van der Waals surface area contributed by atoms with Crippen molar-refractivity contribution in [2.24, 2.45) is 0 Å². The Morgan fingerprint density at radius 1 is 0.968 bits per heavy atom. The number of nitrogens with zero attached hydrogens (tertiary/aromatic N) is 1. The van der Waals surface area contributed by atoms with E-state index < -0.39 is 0 Å². The Labute approximate surface area is 181 Å². The third-order valence-electron chi connectivity index (χ3n) is 5.29. The minimum absolute atomic E-state index is 0.0578. The van der Waals surface area contributed by atoms with Gasteiger partial charge in [-0.2, -0.15) is 0 Å². The minimum Gasteiger partial charge on any atom is -0.486 e. The van der Waals surface area contributed by atoms with Crippen LogP contribution in [-0.2, 0) is 17.8 Å². The van der Waals surface area contributed by atoms with Crippen molar-refractivity contribution in [3.63, 3.8) is 0 Å². The Kier molecular flexibility index (Phi) is 6.46. The summed E-state index contributed by atoms with van der Waals surface area (Å²) in [6.45, 7) is 6.93. The van der Waals surface area contributed by atoms with Crippen molar-refractivity contribution < 1.29 is 23.4 Å². The first kappa shape index (κ1) is 21.2. The summed E-state index contributed by atoms with van der Waals surface area (Å²) in [5, 5.41) is 5.57. The number of carbonyl (C=O) groups is 1. The Balaban J connectivity index is 1.28. The van der Waals surface area contributed by atoms with Crippen molar-refractivity contribution in [2.75, 3.05) is 31.2 Å². The van der Waals surface area contributed by atoms with E-state index in [1.807, 2.05) is 43.0 Å². The molecule has 2 aromatic rings. The molecule has 2 unspecified atom stereocenters. The van der Waals surface area contributed by atoms with Crippen LogP contribution in [0.15, 0.2) is 36.4 Å². The highest BCUT2D eigenvalue weighted by molar-refractivity contribution is 5.73. The van der Waals surface area contributed by atoms with E-state index in [2.05, 4.69) is 10.6 Å². The second kappa shape index (κ2) is 9.43. The molecular formula is C23H28FN3O4. The largest absolute Gasteiger partial charge is 0.486 e.